The maximum atomic E-state index is 6.24. The molecule has 0 aliphatic rings. The molecular formula is C17H19N5O. The number of para-hydroxylation sites is 1. The topological polar surface area (TPSA) is 88.8 Å². The number of nitrogens with one attached hydrogen (secondary N) is 2. The van der Waals surface area contributed by atoms with Crippen molar-refractivity contribution < 1.29 is 4.74 Å². The molecule has 0 aliphatic carbocycles. The number of rotatable bonds is 6. The number of ether oxygens (including phenoxy) is 1. The van der Waals surface area contributed by atoms with Crippen LogP contribution in [0.2, 0.25) is 0 Å². The minimum atomic E-state index is -0.396. The number of hydrogen-bond acceptors (Lipinski definition) is 5. The number of aromatic amines is 1. The Morgan fingerprint density at radius 2 is 2.00 bits per heavy atom. The third kappa shape index (κ3) is 3.67. The molecule has 0 fully saturated rings. The van der Waals surface area contributed by atoms with Crippen molar-refractivity contribution >= 4 is 5.69 Å². The first-order chi connectivity index (χ1) is 11.3. The van der Waals surface area contributed by atoms with E-state index in [0.29, 0.717) is 12.4 Å². The predicted octanol–water partition coefficient (Wildman–Crippen LogP) is 2.47. The smallest absolute Gasteiger partial charge is 0.171 e. The zero-order chi connectivity index (χ0) is 16.1. The molecule has 3 aromatic rings. The molecule has 23 heavy (non-hydrogen) atoms. The molecule has 0 aliphatic heterocycles. The van der Waals surface area contributed by atoms with Crippen LogP contribution < -0.4 is 15.8 Å². The van der Waals surface area contributed by atoms with Crippen molar-refractivity contribution in [2.45, 2.75) is 12.6 Å². The average Bonchev–Trinajstić information content (AvgIpc) is 3.09. The normalized spacial score (nSPS) is 11.9. The highest BCUT2D eigenvalue weighted by Crippen LogP contribution is 2.21. The molecule has 4 N–H and O–H groups in total. The number of nitrogens with two attached hydrogens (primary N) is 1. The van der Waals surface area contributed by atoms with Crippen molar-refractivity contribution in [1.29, 1.82) is 0 Å². The number of H-pyrrole nitrogens is 1. The van der Waals surface area contributed by atoms with Gasteiger partial charge in [0.2, 0.25) is 0 Å². The molecule has 118 valence electrons. The Morgan fingerprint density at radius 1 is 1.17 bits per heavy atom. The average molecular weight is 309 g/mol. The summed E-state index contributed by atoms with van der Waals surface area (Å²) in [6.45, 7) is 0.557. The highest BCUT2D eigenvalue weighted by Gasteiger charge is 2.15. The third-order valence-corrected chi connectivity index (χ3v) is 3.51. The van der Waals surface area contributed by atoms with Crippen LogP contribution in [0.4, 0.5) is 5.69 Å². The summed E-state index contributed by atoms with van der Waals surface area (Å²) in [6, 6.07) is 17.1. The van der Waals surface area contributed by atoms with Crippen molar-refractivity contribution in [1.82, 2.24) is 15.2 Å². The number of benzene rings is 2. The van der Waals surface area contributed by atoms with Gasteiger partial charge in [-0.05, 0) is 29.8 Å². The molecule has 0 saturated carbocycles. The molecule has 1 unspecified atom stereocenters. The summed E-state index contributed by atoms with van der Waals surface area (Å²) in [5.41, 5.74) is 8.18. The highest BCUT2D eigenvalue weighted by molar-refractivity contribution is 5.42. The summed E-state index contributed by atoms with van der Waals surface area (Å²) in [6.07, 6.45) is 0. The van der Waals surface area contributed by atoms with Gasteiger partial charge in [0.05, 0.1) is 19.7 Å². The van der Waals surface area contributed by atoms with Crippen molar-refractivity contribution in [3.8, 4) is 5.75 Å². The summed E-state index contributed by atoms with van der Waals surface area (Å²) in [5, 5.41) is 10.4. The standard InChI is InChI=1S/C17H19N5O/c1-23-14-9-5-6-12(10-14)16(18)17-20-15(21-22-17)11-19-13-7-3-2-4-8-13/h2-10,16,19H,11,18H2,1H3,(H,20,21,22). The van der Waals surface area contributed by atoms with E-state index in [9.17, 15) is 0 Å². The number of aromatic nitrogens is 3. The Balaban J connectivity index is 1.68. The van der Waals surface area contributed by atoms with Crippen LogP contribution in [0.3, 0.4) is 0 Å². The molecule has 0 bridgehead atoms. The van der Waals surface area contributed by atoms with Gasteiger partial charge in [0.15, 0.2) is 5.82 Å². The van der Waals surface area contributed by atoms with Crippen LogP contribution in [0.5, 0.6) is 5.75 Å². The summed E-state index contributed by atoms with van der Waals surface area (Å²) in [4.78, 5) is 4.46. The molecule has 0 radical (unpaired) electrons. The molecule has 1 heterocycles. The molecule has 6 heteroatoms. The molecule has 1 aromatic heterocycles. The minimum absolute atomic E-state index is 0.396. The summed E-state index contributed by atoms with van der Waals surface area (Å²) < 4.78 is 5.22. The highest BCUT2D eigenvalue weighted by atomic mass is 16.5. The van der Waals surface area contributed by atoms with E-state index in [1.165, 1.54) is 0 Å². The molecule has 0 saturated heterocycles. The summed E-state index contributed by atoms with van der Waals surface area (Å²) >= 11 is 0. The largest absolute Gasteiger partial charge is 0.497 e. The van der Waals surface area contributed by atoms with E-state index in [1.54, 1.807) is 7.11 Å². The maximum absolute atomic E-state index is 6.24. The van der Waals surface area contributed by atoms with Gasteiger partial charge in [-0.3, -0.25) is 5.10 Å². The Kier molecular flexibility index (Phi) is 4.54. The first kappa shape index (κ1) is 15.1. The lowest BCUT2D eigenvalue weighted by Crippen LogP contribution is -2.14. The summed E-state index contributed by atoms with van der Waals surface area (Å²) in [7, 11) is 1.63. The van der Waals surface area contributed by atoms with Crippen molar-refractivity contribution in [2.24, 2.45) is 5.73 Å². The van der Waals surface area contributed by atoms with Crippen LogP contribution in [-0.2, 0) is 6.54 Å². The number of anilines is 1. The first-order valence-electron chi connectivity index (χ1n) is 7.36. The van der Waals surface area contributed by atoms with E-state index in [0.717, 1.165) is 22.8 Å². The molecule has 0 spiro atoms. The second-order valence-corrected chi connectivity index (χ2v) is 5.11. The van der Waals surface area contributed by atoms with Crippen LogP contribution in [0.15, 0.2) is 54.6 Å². The zero-order valence-electron chi connectivity index (χ0n) is 12.9. The summed E-state index contributed by atoms with van der Waals surface area (Å²) in [5.74, 6) is 2.06. The zero-order valence-corrected chi connectivity index (χ0v) is 12.9. The Morgan fingerprint density at radius 3 is 2.78 bits per heavy atom. The van der Waals surface area contributed by atoms with Gasteiger partial charge in [-0.2, -0.15) is 5.10 Å². The van der Waals surface area contributed by atoms with Crippen molar-refractivity contribution in [3.63, 3.8) is 0 Å². The van der Waals surface area contributed by atoms with Crippen LogP contribution in [0.1, 0.15) is 23.3 Å². The fraction of sp³-hybridized carbons (Fsp3) is 0.176. The molecule has 3 rings (SSSR count). The second kappa shape index (κ2) is 6.93. The number of hydrogen-bond donors (Lipinski definition) is 3. The molecule has 1 atom stereocenters. The van der Waals surface area contributed by atoms with Gasteiger partial charge in [0, 0.05) is 5.69 Å². The molecular weight excluding hydrogens is 290 g/mol. The fourth-order valence-electron chi connectivity index (χ4n) is 2.25. The van der Waals surface area contributed by atoms with Gasteiger partial charge in [-0.15, -0.1) is 0 Å². The molecule has 2 aromatic carbocycles. The van der Waals surface area contributed by atoms with E-state index >= 15 is 0 Å². The van der Waals surface area contributed by atoms with Gasteiger partial charge < -0.3 is 15.8 Å². The number of nitrogens with zero attached hydrogens (tertiary/aromatic N) is 2. The second-order valence-electron chi connectivity index (χ2n) is 5.11. The third-order valence-electron chi connectivity index (χ3n) is 3.51. The Bertz CT molecular complexity index is 756. The molecule has 6 nitrogen and oxygen atoms in total. The van der Waals surface area contributed by atoms with Crippen LogP contribution in [0, 0.1) is 0 Å². The SMILES string of the molecule is COc1cccc(C(N)c2n[nH]c(CNc3ccccc3)n2)c1. The Hall–Kier alpha value is -2.86. The fourth-order valence-corrected chi connectivity index (χ4v) is 2.25. The first-order valence-corrected chi connectivity index (χ1v) is 7.36. The Labute approximate surface area is 134 Å². The quantitative estimate of drug-likeness (QED) is 0.651. The van der Waals surface area contributed by atoms with E-state index in [1.807, 2.05) is 54.6 Å². The van der Waals surface area contributed by atoms with E-state index in [4.69, 9.17) is 10.5 Å². The van der Waals surface area contributed by atoms with Crippen LogP contribution >= 0.6 is 0 Å². The van der Waals surface area contributed by atoms with Crippen molar-refractivity contribution in [2.75, 3.05) is 12.4 Å². The lowest BCUT2D eigenvalue weighted by molar-refractivity contribution is 0.414. The van der Waals surface area contributed by atoms with Crippen molar-refractivity contribution in [3.05, 3.63) is 71.8 Å². The van der Waals surface area contributed by atoms with E-state index in [-0.39, 0.29) is 0 Å². The van der Waals surface area contributed by atoms with Crippen LogP contribution in [0.25, 0.3) is 0 Å². The molecule has 0 amide bonds. The lowest BCUT2D eigenvalue weighted by Gasteiger charge is -2.09. The van der Waals surface area contributed by atoms with Gasteiger partial charge in [-0.25, -0.2) is 4.98 Å². The van der Waals surface area contributed by atoms with Crippen LogP contribution in [-0.4, -0.2) is 22.3 Å². The van der Waals surface area contributed by atoms with E-state index in [2.05, 4.69) is 20.5 Å². The van der Waals surface area contributed by atoms with Gasteiger partial charge in [-0.1, -0.05) is 30.3 Å². The minimum Gasteiger partial charge on any atom is -0.497 e. The predicted molar refractivity (Wildman–Crippen MR) is 89.2 cm³/mol. The maximum Gasteiger partial charge on any atom is 0.171 e. The lowest BCUT2D eigenvalue weighted by atomic mass is 10.1. The van der Waals surface area contributed by atoms with Gasteiger partial charge in [0.1, 0.15) is 11.6 Å². The monoisotopic (exact) mass is 309 g/mol. The van der Waals surface area contributed by atoms with E-state index < -0.39 is 6.04 Å². The van der Waals surface area contributed by atoms with Gasteiger partial charge in [0.25, 0.3) is 0 Å². The van der Waals surface area contributed by atoms with Gasteiger partial charge >= 0.3 is 0 Å². The number of methoxy groups -OCH3 is 1.